The summed E-state index contributed by atoms with van der Waals surface area (Å²) in [6.07, 6.45) is -1.34. The van der Waals surface area contributed by atoms with Crippen LogP contribution < -0.4 is 13.8 Å². The maximum Gasteiger partial charge on any atom is 0.246 e. The normalized spacial score (nSPS) is 13.7. The van der Waals surface area contributed by atoms with Crippen LogP contribution in [0, 0.1) is 6.92 Å². The molecule has 0 fully saturated rings. The number of aromatic nitrogens is 4. The average Bonchev–Trinajstić information content (AvgIpc) is 3.68. The number of thiazole rings is 1. The highest BCUT2D eigenvalue weighted by Crippen LogP contribution is 2.40. The van der Waals surface area contributed by atoms with E-state index in [1.165, 1.54) is 36.8 Å². The highest BCUT2D eigenvalue weighted by atomic mass is 32.2. The number of benzene rings is 1. The van der Waals surface area contributed by atoms with E-state index in [0.717, 1.165) is 0 Å². The molecular weight excluding hydrogens is 571 g/mol. The van der Waals surface area contributed by atoms with Gasteiger partial charge in [-0.3, -0.25) is 4.57 Å². The number of hydrogen-bond acceptors (Lipinski definition) is 10. The summed E-state index contributed by atoms with van der Waals surface area (Å²) >= 11 is 1.29. The molecule has 14 heteroatoms. The van der Waals surface area contributed by atoms with Crippen molar-refractivity contribution in [3.05, 3.63) is 52.7 Å². The van der Waals surface area contributed by atoms with Gasteiger partial charge in [-0.15, -0.1) is 21.5 Å². The number of anilines is 1. The van der Waals surface area contributed by atoms with Crippen molar-refractivity contribution in [3.8, 4) is 28.8 Å². The van der Waals surface area contributed by atoms with Gasteiger partial charge >= 0.3 is 0 Å². The molecular formula is C26H35N5O6S2Si. The fraction of sp³-hybridized carbons (Fsp3) is 0.423. The molecule has 11 nitrogen and oxygen atoms in total. The molecule has 3 aromatic heterocycles. The van der Waals surface area contributed by atoms with E-state index in [-0.39, 0.29) is 18.3 Å². The van der Waals surface area contributed by atoms with Crippen LogP contribution in [0.2, 0.25) is 25.7 Å². The molecule has 216 valence electrons. The highest BCUT2D eigenvalue weighted by molar-refractivity contribution is 7.93. The smallest absolute Gasteiger partial charge is 0.246 e. The second-order valence-electron chi connectivity index (χ2n) is 10.6. The van der Waals surface area contributed by atoms with Gasteiger partial charge in [0.05, 0.1) is 25.4 Å². The Kier molecular flexibility index (Phi) is 8.73. The summed E-state index contributed by atoms with van der Waals surface area (Å²) in [5, 5.41) is 20.2. The molecule has 0 aliphatic carbocycles. The van der Waals surface area contributed by atoms with E-state index in [4.69, 9.17) is 13.9 Å². The summed E-state index contributed by atoms with van der Waals surface area (Å²) < 4.78 is 48.7. The Morgan fingerprint density at radius 2 is 1.80 bits per heavy atom. The number of sulfonamides is 1. The molecule has 0 bridgehead atoms. The number of aliphatic hydroxyl groups is 1. The number of rotatable bonds is 12. The molecule has 3 heterocycles. The molecule has 0 radical (unpaired) electrons. The molecule has 0 spiro atoms. The number of furan rings is 1. The third kappa shape index (κ3) is 5.94. The summed E-state index contributed by atoms with van der Waals surface area (Å²) in [5.41, 5.74) is 2.27. The summed E-state index contributed by atoms with van der Waals surface area (Å²) in [6.45, 7) is 9.91. The van der Waals surface area contributed by atoms with Crippen molar-refractivity contribution >= 4 is 35.4 Å². The summed E-state index contributed by atoms with van der Waals surface area (Å²) in [7, 11) is -2.90. The van der Waals surface area contributed by atoms with E-state index in [9.17, 15) is 13.5 Å². The second-order valence-corrected chi connectivity index (χ2v) is 19.1. The number of aliphatic hydroxyl groups excluding tert-OH is 1. The second kappa shape index (κ2) is 11.7. The molecule has 0 amide bonds. The highest BCUT2D eigenvalue weighted by Gasteiger charge is 2.40. The van der Waals surface area contributed by atoms with E-state index >= 15 is 0 Å². The lowest BCUT2D eigenvalue weighted by atomic mass is 10.2. The van der Waals surface area contributed by atoms with Crippen LogP contribution in [0.15, 0.2) is 45.6 Å². The lowest BCUT2D eigenvalue weighted by molar-refractivity contribution is 0.171. The van der Waals surface area contributed by atoms with E-state index < -0.39 is 29.5 Å². The first kappa shape index (κ1) is 29.8. The van der Waals surface area contributed by atoms with Crippen LogP contribution >= 0.6 is 11.3 Å². The van der Waals surface area contributed by atoms with Crippen molar-refractivity contribution in [1.82, 2.24) is 19.7 Å². The Labute approximate surface area is 239 Å². The van der Waals surface area contributed by atoms with Crippen LogP contribution in [0.3, 0.4) is 0 Å². The van der Waals surface area contributed by atoms with Crippen LogP contribution in [0.1, 0.15) is 24.5 Å². The Morgan fingerprint density at radius 3 is 2.33 bits per heavy atom. The molecule has 1 N–H and O–H groups in total. The summed E-state index contributed by atoms with van der Waals surface area (Å²) in [4.78, 5) is 4.14. The molecule has 0 saturated heterocycles. The van der Waals surface area contributed by atoms with E-state index in [2.05, 4.69) is 34.8 Å². The Bertz CT molecular complexity index is 1520. The van der Waals surface area contributed by atoms with Gasteiger partial charge in [-0.1, -0.05) is 25.7 Å². The predicted octanol–water partition coefficient (Wildman–Crippen LogP) is 4.91. The van der Waals surface area contributed by atoms with Crippen LogP contribution in [-0.4, -0.2) is 67.4 Å². The maximum atomic E-state index is 14.3. The fourth-order valence-corrected chi connectivity index (χ4v) is 7.36. The third-order valence-electron chi connectivity index (χ3n) is 6.50. The number of hydrogen-bond donors (Lipinski definition) is 1. The predicted molar refractivity (Wildman–Crippen MR) is 158 cm³/mol. The largest absolute Gasteiger partial charge is 0.494 e. The number of para-hydroxylation sites is 1. The average molecular weight is 606 g/mol. The minimum Gasteiger partial charge on any atom is -0.494 e. The van der Waals surface area contributed by atoms with Crippen molar-refractivity contribution < 1.29 is 27.4 Å². The van der Waals surface area contributed by atoms with Crippen molar-refractivity contribution in [1.29, 1.82) is 0 Å². The number of aryl methyl sites for hydroxylation is 1. The Hall–Kier alpha value is -3.20. The molecule has 4 aromatic rings. The van der Waals surface area contributed by atoms with E-state index in [1.807, 2.05) is 0 Å². The SMILES string of the molecule is COc1cccc(OC)c1-n1c(-c2ccc(C)o2)nnc1N(CC[Si](C)(C)C)S(=O)(=O)[C@H](C)[C@@H](O)c1cscn1. The standard InChI is InChI=1S/C26H35N5O6S2Si/c1-17-11-12-22(37-17)25-28-29-26(31(25)23-20(35-3)9-8-10-21(23)36-4)30(13-14-40(5,6)7)39(33,34)18(2)24(32)19-15-38-16-27-19/h8-12,15-16,18,24,32H,13-14H2,1-7H3/t18-,24-/m1/s1. The summed E-state index contributed by atoms with van der Waals surface area (Å²) in [6, 6.07) is 9.43. The number of nitrogens with zero attached hydrogens (tertiary/aromatic N) is 5. The van der Waals surface area contributed by atoms with Gasteiger partial charge in [0, 0.05) is 20.0 Å². The van der Waals surface area contributed by atoms with Gasteiger partial charge in [0.1, 0.15) is 34.3 Å². The molecule has 0 unspecified atom stereocenters. The molecule has 4 rings (SSSR count). The first-order chi connectivity index (χ1) is 18.9. The molecule has 1 aromatic carbocycles. The minimum atomic E-state index is -4.20. The van der Waals surface area contributed by atoms with Gasteiger partial charge in [0.2, 0.25) is 21.8 Å². The van der Waals surface area contributed by atoms with Crippen LogP contribution in [0.5, 0.6) is 11.5 Å². The first-order valence-electron chi connectivity index (χ1n) is 12.7. The van der Waals surface area contributed by atoms with Crippen molar-refractivity contribution in [2.45, 2.75) is 50.9 Å². The quantitative estimate of drug-likeness (QED) is 0.224. The first-order valence-corrected chi connectivity index (χ1v) is 18.9. The maximum absolute atomic E-state index is 14.3. The number of methoxy groups -OCH3 is 2. The van der Waals surface area contributed by atoms with Crippen molar-refractivity contribution in [2.75, 3.05) is 25.1 Å². The zero-order chi connectivity index (χ0) is 29.2. The van der Waals surface area contributed by atoms with Crippen molar-refractivity contribution in [2.24, 2.45) is 0 Å². The lowest BCUT2D eigenvalue weighted by Gasteiger charge is -2.30. The molecule has 40 heavy (non-hydrogen) atoms. The molecule has 0 aliphatic rings. The third-order valence-corrected chi connectivity index (χ3v) is 11.0. The topological polar surface area (TPSA) is 133 Å². The fourth-order valence-electron chi connectivity index (χ4n) is 4.16. The van der Waals surface area contributed by atoms with Crippen LogP contribution in [0.4, 0.5) is 5.95 Å². The van der Waals surface area contributed by atoms with Gasteiger partial charge < -0.3 is 19.0 Å². The zero-order valence-electron chi connectivity index (χ0n) is 23.7. The van der Waals surface area contributed by atoms with Gasteiger partial charge in [0.15, 0.2) is 5.76 Å². The Morgan fingerprint density at radius 1 is 1.12 bits per heavy atom. The summed E-state index contributed by atoms with van der Waals surface area (Å²) in [5.74, 6) is 2.18. The van der Waals surface area contributed by atoms with Crippen LogP contribution in [0.25, 0.3) is 17.3 Å². The molecule has 2 atom stereocenters. The van der Waals surface area contributed by atoms with E-state index in [0.29, 0.717) is 40.4 Å². The molecule has 0 aliphatic heterocycles. The van der Waals surface area contributed by atoms with Crippen molar-refractivity contribution in [3.63, 3.8) is 0 Å². The lowest BCUT2D eigenvalue weighted by Crippen LogP contribution is -2.44. The molecule has 0 saturated carbocycles. The van der Waals surface area contributed by atoms with Gasteiger partial charge in [0.25, 0.3) is 0 Å². The van der Waals surface area contributed by atoms with Gasteiger partial charge in [-0.25, -0.2) is 17.7 Å². The zero-order valence-corrected chi connectivity index (χ0v) is 26.3. The van der Waals surface area contributed by atoms with Gasteiger partial charge in [-0.2, -0.15) is 0 Å². The van der Waals surface area contributed by atoms with Gasteiger partial charge in [-0.05, 0) is 44.2 Å². The Balaban J connectivity index is 1.98. The van der Waals surface area contributed by atoms with E-state index in [1.54, 1.807) is 52.7 Å². The number of ether oxygens (including phenoxy) is 2. The monoisotopic (exact) mass is 605 g/mol. The van der Waals surface area contributed by atoms with Crippen LogP contribution in [-0.2, 0) is 10.0 Å². The minimum absolute atomic E-state index is 0.0300.